The molecule has 2 aliphatic carbocycles. The lowest BCUT2D eigenvalue weighted by Gasteiger charge is -2.17. The van der Waals surface area contributed by atoms with Crippen molar-refractivity contribution in [1.82, 2.24) is 64.8 Å². The Morgan fingerprint density at radius 2 is 0.879 bits per heavy atom. The quantitative estimate of drug-likeness (QED) is 0.0114. The number of methoxy groups -OCH3 is 6. The number of H-pyrrole nitrogens is 1. The Balaban J connectivity index is 0.000000161. The van der Waals surface area contributed by atoms with E-state index in [0.717, 1.165) is 92.6 Å². The monoisotopic (exact) mass is 2220 g/mol. The van der Waals surface area contributed by atoms with E-state index in [2.05, 4.69) is 154 Å². The maximum absolute atomic E-state index is 14.8. The van der Waals surface area contributed by atoms with Gasteiger partial charge in [-0.1, -0.05) is 24.4 Å². The Kier molecular flexibility index (Phi) is 37.7. The van der Waals surface area contributed by atoms with E-state index >= 15 is 0 Å². The minimum atomic E-state index is -1.42. The molecule has 0 radical (unpaired) electrons. The Morgan fingerprint density at radius 1 is 0.447 bits per heavy atom. The van der Waals surface area contributed by atoms with E-state index in [1.807, 2.05) is 0 Å². The number of aromatic amines is 1. The molecular formula is C93H88Br4F12N18O14. The highest BCUT2D eigenvalue weighted by Gasteiger charge is 2.32. The number of nitrogens with one attached hydrogen (secondary N) is 4. The number of aldehydes is 3. The van der Waals surface area contributed by atoms with Gasteiger partial charge in [-0.05, 0) is 181 Å². The number of carbonyl (C=O) groups is 5. The fraction of sp³-hybridized carbons (Fsp3) is 0.290. The highest BCUT2D eigenvalue weighted by Crippen LogP contribution is 2.42. The third kappa shape index (κ3) is 26.7. The number of oxime groups is 1. The topological polar surface area (TPSA) is 379 Å². The van der Waals surface area contributed by atoms with Gasteiger partial charge in [0.05, 0.1) is 126 Å². The Bertz CT molecular complexity index is 6730. The van der Waals surface area contributed by atoms with Crippen molar-refractivity contribution < 1.29 is 120 Å². The van der Waals surface area contributed by atoms with Crippen LogP contribution < -0.4 is 54.2 Å². The molecule has 14 aromatic rings. The standard InChI is InChI=1S/C23H27FN6O2.C22H26FN7O2.C9H8BrF2NO2.C9H8BrFN2O.C8H6BrFN2O.C8H6F2O2.C7H3BrF2O2.C7H4F2O2/c1-29-13-16-9-17(22(32-2)20(24)21(16)28-29)27-23(31)18-10-26-19(11-25-18)30-8-7-15(12-30)6-5-14-3-4-14;1-29-12-14-7-16(21(32-2)19(23)20(14)28-29)27-22(31)17-9-26-18(10-25-17)30-6-5-13(11-30)8-24-15-3-4-15;1-14-9-6(10)3-5(4-13-15-2)7(11)8(9)12;1-13-4-5-3-6(10)9(14-2)7(11)8(5)12-13;1-13-8-5(9)2-4-3-11-12-7(4)6(8)10;1-12-6-3-2-5(4-11)7(9)8(6)10;8-4-1-3(2-11)5(9)6(10)7(4)12;8-6-4(3-10)1-2-5(11)7(6)9/h9-11,13-15H,3-8,12H2,1-2H3,(H,27,31);7,9-10,12-13,15,24H,3-6,8,11H2,1-2H3,(H,27,31);3-4H,1-2H3;3-4H,1-2H3;2-3H,1H3,(H,11,12);2-4H,1H3;1-2,12H;1-3,11H/b;;13-4+;;;;;/t15-;13-;;;;;;/m01....../s1. The first-order valence-corrected chi connectivity index (χ1v) is 45.4. The van der Waals surface area contributed by atoms with Crippen LogP contribution in [0.15, 0.2) is 133 Å². The number of phenolic OH excluding ortho intramolecular Hbond substituents is 2. The molecule has 2 saturated carbocycles. The summed E-state index contributed by atoms with van der Waals surface area (Å²) in [6, 6.07) is 14.1. The molecular weight excluding hydrogens is 2140 g/mol. The van der Waals surface area contributed by atoms with E-state index in [1.165, 1.54) is 129 Å². The summed E-state index contributed by atoms with van der Waals surface area (Å²) in [5.41, 5.74) is 0.627. The molecule has 746 valence electrons. The van der Waals surface area contributed by atoms with Crippen molar-refractivity contribution in [2.45, 2.75) is 57.4 Å². The molecule has 2 saturated heterocycles. The fourth-order valence-corrected chi connectivity index (χ4v) is 16.5. The van der Waals surface area contributed by atoms with Gasteiger partial charge in [0.25, 0.3) is 11.8 Å². The number of aryl methyl sites for hydroxylation is 3. The predicted molar refractivity (Wildman–Crippen MR) is 511 cm³/mol. The largest absolute Gasteiger partial charge is 0.505 e. The number of rotatable bonds is 23. The maximum atomic E-state index is 14.8. The van der Waals surface area contributed by atoms with E-state index in [0.29, 0.717) is 58.5 Å². The molecule has 4 aliphatic rings. The SMILES string of the molecule is CO/N=C/c1cc(Br)c(OC)c(F)c1F.COc1c(Br)cc2cn(C)nc2c1F.COc1c(Br)cc2cn[nH]c2c1F.COc1c(NC(=O)c2cnc(N3CC[C@H](CCC4CC4)C3)cn2)cc2cn(C)nc2c1F.COc1c(NC(=O)c2cnc(N3CC[C@H](CNC4CC4)C3)cn2)cc2cn(C)nc2c1F.COc1ccc(C=O)c(F)c1F.O=Cc1cc(Br)c(O)c(F)c1F.O=Cc1ccc(O)c(F)c1F. The van der Waals surface area contributed by atoms with E-state index in [9.17, 15) is 76.7 Å². The molecule has 2 amide bonds. The number of hydrogen-bond donors (Lipinski definition) is 6. The normalized spacial score (nSPS) is 13.9. The molecule has 6 N–H and O–H groups in total. The first-order valence-electron chi connectivity index (χ1n) is 42.3. The van der Waals surface area contributed by atoms with Crippen molar-refractivity contribution in [1.29, 1.82) is 0 Å². The summed E-state index contributed by atoms with van der Waals surface area (Å²) in [6.07, 6.45) is 24.8. The molecule has 8 heterocycles. The van der Waals surface area contributed by atoms with Crippen LogP contribution in [0, 0.1) is 87.6 Å². The Hall–Kier alpha value is -13.7. The lowest BCUT2D eigenvalue weighted by Crippen LogP contribution is -2.28. The van der Waals surface area contributed by atoms with Crippen molar-refractivity contribution in [2.24, 2.45) is 44.1 Å². The summed E-state index contributed by atoms with van der Waals surface area (Å²) in [4.78, 5) is 82.1. The van der Waals surface area contributed by atoms with Crippen LogP contribution in [0.5, 0.6) is 46.0 Å². The Morgan fingerprint density at radius 3 is 1.35 bits per heavy atom. The number of amides is 2. The molecule has 2 aliphatic heterocycles. The zero-order valence-corrected chi connectivity index (χ0v) is 82.6. The maximum Gasteiger partial charge on any atom is 0.275 e. The van der Waals surface area contributed by atoms with Crippen LogP contribution in [0.1, 0.15) is 109 Å². The number of aromatic hydroxyl groups is 2. The van der Waals surface area contributed by atoms with E-state index in [4.69, 9.17) is 29.2 Å². The summed E-state index contributed by atoms with van der Waals surface area (Å²) in [5, 5.41) is 50.8. The van der Waals surface area contributed by atoms with Gasteiger partial charge in [0.2, 0.25) is 23.3 Å². The number of aromatic nitrogens is 12. The highest BCUT2D eigenvalue weighted by molar-refractivity contribution is 9.11. The van der Waals surface area contributed by atoms with Gasteiger partial charge < -0.3 is 69.2 Å². The third-order valence-electron chi connectivity index (χ3n) is 21.8. The minimum absolute atomic E-state index is 0.0259. The molecule has 8 aromatic carbocycles. The number of anilines is 4. The van der Waals surface area contributed by atoms with Crippen LogP contribution in [0.4, 0.5) is 75.7 Å². The molecule has 0 bridgehead atoms. The second kappa shape index (κ2) is 49.4. The third-order valence-corrected chi connectivity index (χ3v) is 24.1. The van der Waals surface area contributed by atoms with Crippen LogP contribution in [0.25, 0.3) is 43.6 Å². The molecule has 32 nitrogen and oxygen atoms in total. The molecule has 18 rings (SSSR count). The van der Waals surface area contributed by atoms with Gasteiger partial charge in [0.15, 0.2) is 111 Å². The first kappa shape index (κ1) is 108. The summed E-state index contributed by atoms with van der Waals surface area (Å²) in [6.45, 7) is 4.86. The number of ether oxygens (including phenoxy) is 6. The van der Waals surface area contributed by atoms with Crippen molar-refractivity contribution in [2.75, 3.05) is 103 Å². The summed E-state index contributed by atoms with van der Waals surface area (Å²) < 4.78 is 195. The summed E-state index contributed by atoms with van der Waals surface area (Å²) >= 11 is 12.2. The molecule has 4 fully saturated rings. The lowest BCUT2D eigenvalue weighted by molar-refractivity contribution is 0.101. The van der Waals surface area contributed by atoms with Crippen LogP contribution >= 0.6 is 63.7 Å². The van der Waals surface area contributed by atoms with Crippen molar-refractivity contribution >= 4 is 167 Å². The number of carbonyl (C=O) groups excluding carboxylic acids is 5. The fourth-order valence-electron chi connectivity index (χ4n) is 14.3. The lowest BCUT2D eigenvalue weighted by atomic mass is 10.0. The van der Waals surface area contributed by atoms with Crippen molar-refractivity contribution in [3.63, 3.8) is 0 Å². The van der Waals surface area contributed by atoms with Gasteiger partial charge in [-0.2, -0.15) is 38.0 Å². The van der Waals surface area contributed by atoms with Crippen molar-refractivity contribution in [3.05, 3.63) is 232 Å². The van der Waals surface area contributed by atoms with Gasteiger partial charge in [-0.15, -0.1) is 0 Å². The molecule has 0 spiro atoms. The number of halogens is 16. The van der Waals surface area contributed by atoms with Gasteiger partial charge in [-0.25, -0.2) is 55.1 Å². The molecule has 48 heteroatoms. The van der Waals surface area contributed by atoms with Crippen molar-refractivity contribution in [3.8, 4) is 46.0 Å². The summed E-state index contributed by atoms with van der Waals surface area (Å²) in [7, 11) is 14.5. The van der Waals surface area contributed by atoms with Crippen LogP contribution in [-0.2, 0) is 26.0 Å². The number of benzene rings is 8. The molecule has 0 unspecified atom stereocenters. The van der Waals surface area contributed by atoms with Crippen LogP contribution in [-0.4, -0.2) is 195 Å². The van der Waals surface area contributed by atoms with E-state index in [1.54, 1.807) is 87.3 Å². The van der Waals surface area contributed by atoms with Gasteiger partial charge in [0, 0.05) is 99.1 Å². The number of nitrogens with zero attached hydrogens (tertiary/aromatic N) is 14. The number of fused-ring (bicyclic) bond motifs is 4. The minimum Gasteiger partial charge on any atom is -0.505 e. The second-order valence-electron chi connectivity index (χ2n) is 31.4. The summed E-state index contributed by atoms with van der Waals surface area (Å²) in [5.74, 6) is -10.9. The molecule has 2 atom stereocenters. The first-order chi connectivity index (χ1) is 67.4. The average Bonchev–Trinajstić information content (AvgIpc) is 1.65. The van der Waals surface area contributed by atoms with E-state index in [-0.39, 0.29) is 103 Å². The average molecular weight is 2230 g/mol. The zero-order valence-electron chi connectivity index (χ0n) is 76.3. The number of phenols is 2. The smallest absolute Gasteiger partial charge is 0.275 e. The predicted octanol–water partition coefficient (Wildman–Crippen LogP) is 19.3. The molecule has 141 heavy (non-hydrogen) atoms. The van der Waals surface area contributed by atoms with Gasteiger partial charge in [0.1, 0.15) is 52.2 Å². The van der Waals surface area contributed by atoms with E-state index < -0.39 is 104 Å². The Labute approximate surface area is 828 Å². The highest BCUT2D eigenvalue weighted by atomic mass is 79.9. The molecule has 6 aromatic heterocycles. The van der Waals surface area contributed by atoms with Gasteiger partial charge >= 0.3 is 0 Å². The zero-order chi connectivity index (χ0) is 102. The van der Waals surface area contributed by atoms with Crippen LogP contribution in [0.3, 0.4) is 0 Å². The van der Waals surface area contributed by atoms with Crippen LogP contribution in [0.2, 0.25) is 0 Å². The van der Waals surface area contributed by atoms with Gasteiger partial charge in [-0.3, -0.25) is 43.1 Å². The second-order valence-corrected chi connectivity index (χ2v) is 34.9. The number of hydrogen-bond acceptors (Lipinski definition) is 26.